The van der Waals surface area contributed by atoms with Gasteiger partial charge in [-0.15, -0.1) is 0 Å². The number of carbonyl (C=O) groups excluding carboxylic acids is 1. The molecule has 0 unspecified atom stereocenters. The summed E-state index contributed by atoms with van der Waals surface area (Å²) >= 11 is 0. The Morgan fingerprint density at radius 3 is 2.50 bits per heavy atom. The Hall–Kier alpha value is -2.91. The van der Waals surface area contributed by atoms with Crippen molar-refractivity contribution in [3.8, 4) is 17.4 Å². The number of hydrogen-bond acceptors (Lipinski definition) is 8. The van der Waals surface area contributed by atoms with Gasteiger partial charge in [0.15, 0.2) is 0 Å². The number of aromatic nitrogens is 2. The molecule has 0 saturated carbocycles. The van der Waals surface area contributed by atoms with Gasteiger partial charge >= 0.3 is 0 Å². The number of amides is 1. The third-order valence-electron chi connectivity index (χ3n) is 5.20. The summed E-state index contributed by atoms with van der Waals surface area (Å²) in [5, 5.41) is 0. The Labute approximate surface area is 175 Å². The van der Waals surface area contributed by atoms with Crippen LogP contribution in [0.1, 0.15) is 11.3 Å². The van der Waals surface area contributed by atoms with Gasteiger partial charge in [-0.1, -0.05) is 0 Å². The van der Waals surface area contributed by atoms with Crippen LogP contribution in [0.5, 0.6) is 17.4 Å². The van der Waals surface area contributed by atoms with Gasteiger partial charge in [0.1, 0.15) is 18.1 Å². The first-order valence-electron chi connectivity index (χ1n) is 9.99. The van der Waals surface area contributed by atoms with Gasteiger partial charge in [-0.25, -0.2) is 4.98 Å². The lowest BCUT2D eigenvalue weighted by molar-refractivity contribution is -0.136. The van der Waals surface area contributed by atoms with Crippen LogP contribution in [-0.2, 0) is 27.2 Å². The van der Waals surface area contributed by atoms with E-state index in [1.54, 1.807) is 12.0 Å². The van der Waals surface area contributed by atoms with Gasteiger partial charge < -0.3 is 28.7 Å². The van der Waals surface area contributed by atoms with Gasteiger partial charge in [0, 0.05) is 33.2 Å². The first kappa shape index (κ1) is 20.4. The Balaban J connectivity index is 1.66. The number of rotatable bonds is 6. The molecule has 0 spiro atoms. The molecule has 160 valence electrons. The molecule has 0 N–H and O–H groups in total. The topological polar surface area (TPSA) is 86.3 Å². The highest BCUT2D eigenvalue weighted by molar-refractivity contribution is 5.77. The van der Waals surface area contributed by atoms with E-state index in [-0.39, 0.29) is 12.5 Å². The predicted molar refractivity (Wildman–Crippen MR) is 109 cm³/mol. The number of fused-ring (bicyclic) bond motifs is 1. The van der Waals surface area contributed by atoms with E-state index in [9.17, 15) is 4.79 Å². The molecule has 30 heavy (non-hydrogen) atoms. The van der Waals surface area contributed by atoms with Crippen molar-refractivity contribution < 1.29 is 23.7 Å². The lowest BCUT2D eigenvalue weighted by Gasteiger charge is -2.31. The molecule has 9 nitrogen and oxygen atoms in total. The molecule has 0 aliphatic carbocycles. The van der Waals surface area contributed by atoms with Crippen molar-refractivity contribution in [2.45, 2.75) is 13.0 Å². The third kappa shape index (κ3) is 4.47. The molecule has 0 bridgehead atoms. The quantitative estimate of drug-likeness (QED) is 0.705. The van der Waals surface area contributed by atoms with Crippen molar-refractivity contribution >= 4 is 11.9 Å². The fourth-order valence-electron chi connectivity index (χ4n) is 3.54. The van der Waals surface area contributed by atoms with Gasteiger partial charge in [-0.2, -0.15) is 4.98 Å². The minimum absolute atomic E-state index is 0.0523. The zero-order valence-electron chi connectivity index (χ0n) is 17.3. The molecule has 1 aromatic carbocycles. The molecule has 1 fully saturated rings. The molecule has 4 rings (SSSR count). The van der Waals surface area contributed by atoms with Crippen LogP contribution in [0.2, 0.25) is 0 Å². The van der Waals surface area contributed by atoms with Crippen LogP contribution in [0.4, 0.5) is 5.95 Å². The number of hydrogen-bond donors (Lipinski definition) is 0. The lowest BCUT2D eigenvalue weighted by atomic mass is 10.1. The molecule has 2 aromatic rings. The second kappa shape index (κ2) is 9.27. The second-order valence-corrected chi connectivity index (χ2v) is 7.13. The zero-order valence-corrected chi connectivity index (χ0v) is 17.3. The molecule has 0 radical (unpaired) electrons. The predicted octanol–water partition coefficient (Wildman–Crippen LogP) is 1.65. The van der Waals surface area contributed by atoms with Crippen molar-refractivity contribution in [1.82, 2.24) is 14.9 Å². The molecular formula is C21H26N4O5. The largest absolute Gasteiger partial charge is 0.497 e. The van der Waals surface area contributed by atoms with Crippen LogP contribution in [0.25, 0.3) is 0 Å². The summed E-state index contributed by atoms with van der Waals surface area (Å²) in [6.07, 6.45) is 0.642. The van der Waals surface area contributed by atoms with Gasteiger partial charge in [-0.3, -0.25) is 4.79 Å². The van der Waals surface area contributed by atoms with E-state index in [0.29, 0.717) is 50.3 Å². The Bertz CT molecular complexity index is 884. The molecule has 3 heterocycles. The normalized spacial score (nSPS) is 16.2. The first-order chi connectivity index (χ1) is 14.7. The first-order valence-corrected chi connectivity index (χ1v) is 9.99. The molecule has 1 saturated heterocycles. The number of anilines is 1. The number of methoxy groups -OCH3 is 2. The molecular weight excluding hydrogens is 388 g/mol. The minimum Gasteiger partial charge on any atom is -0.497 e. The van der Waals surface area contributed by atoms with E-state index in [1.165, 1.54) is 7.11 Å². The maximum Gasteiger partial charge on any atom is 0.248 e. The number of ether oxygens (including phenoxy) is 4. The highest BCUT2D eigenvalue weighted by Crippen LogP contribution is 2.32. The van der Waals surface area contributed by atoms with Crippen molar-refractivity contribution in [3.05, 3.63) is 35.5 Å². The van der Waals surface area contributed by atoms with Crippen LogP contribution in [-0.4, -0.2) is 74.4 Å². The number of carbonyl (C=O) groups is 1. The lowest BCUT2D eigenvalue weighted by Crippen LogP contribution is -2.40. The van der Waals surface area contributed by atoms with Gasteiger partial charge in [0.25, 0.3) is 0 Å². The van der Waals surface area contributed by atoms with Crippen molar-refractivity contribution in [2.24, 2.45) is 0 Å². The van der Waals surface area contributed by atoms with E-state index in [2.05, 4.69) is 4.90 Å². The van der Waals surface area contributed by atoms with E-state index in [1.807, 2.05) is 24.3 Å². The van der Waals surface area contributed by atoms with E-state index < -0.39 is 0 Å². The van der Waals surface area contributed by atoms with Gasteiger partial charge in [0.05, 0.1) is 38.1 Å². The molecule has 1 amide bonds. The second-order valence-electron chi connectivity index (χ2n) is 7.13. The monoisotopic (exact) mass is 414 g/mol. The Morgan fingerprint density at radius 1 is 1.07 bits per heavy atom. The molecule has 1 aromatic heterocycles. The maximum atomic E-state index is 12.3. The van der Waals surface area contributed by atoms with Crippen LogP contribution < -0.4 is 14.4 Å². The van der Waals surface area contributed by atoms with E-state index >= 15 is 0 Å². The summed E-state index contributed by atoms with van der Waals surface area (Å²) in [6.45, 7) is 3.81. The molecule has 9 heteroatoms. The van der Waals surface area contributed by atoms with Gasteiger partial charge in [0.2, 0.25) is 17.7 Å². The summed E-state index contributed by atoms with van der Waals surface area (Å²) in [4.78, 5) is 25.7. The maximum absolute atomic E-state index is 12.3. The average Bonchev–Trinajstić information content (AvgIpc) is 2.80. The summed E-state index contributed by atoms with van der Waals surface area (Å²) in [6, 6.07) is 7.33. The van der Waals surface area contributed by atoms with Gasteiger partial charge in [-0.05, 0) is 24.3 Å². The highest BCUT2D eigenvalue weighted by atomic mass is 16.5. The highest BCUT2D eigenvalue weighted by Gasteiger charge is 2.28. The summed E-state index contributed by atoms with van der Waals surface area (Å²) in [7, 11) is 3.14. The number of morpholine rings is 1. The molecule has 2 aliphatic rings. The van der Waals surface area contributed by atoms with Crippen molar-refractivity contribution in [2.75, 3.05) is 58.6 Å². The summed E-state index contributed by atoms with van der Waals surface area (Å²) in [5.41, 5.74) is 1.75. The van der Waals surface area contributed by atoms with Crippen LogP contribution in [0.3, 0.4) is 0 Å². The number of nitrogens with zero attached hydrogens (tertiary/aromatic N) is 4. The summed E-state index contributed by atoms with van der Waals surface area (Å²) in [5.74, 6) is 2.44. The zero-order chi connectivity index (χ0) is 20.9. The SMILES string of the molecule is COCC(=O)N1CCc2nc(N3CCOCC3)nc(Oc3ccc(OC)cc3)c2C1. The minimum atomic E-state index is -0.0594. The smallest absolute Gasteiger partial charge is 0.248 e. The Morgan fingerprint density at radius 2 is 1.80 bits per heavy atom. The van der Waals surface area contributed by atoms with Crippen LogP contribution >= 0.6 is 0 Å². The van der Waals surface area contributed by atoms with Crippen molar-refractivity contribution in [3.63, 3.8) is 0 Å². The number of benzene rings is 1. The molecule has 0 atom stereocenters. The Kier molecular flexibility index (Phi) is 6.29. The van der Waals surface area contributed by atoms with Crippen LogP contribution in [0.15, 0.2) is 24.3 Å². The molecule has 2 aliphatic heterocycles. The van der Waals surface area contributed by atoms with Crippen molar-refractivity contribution in [1.29, 1.82) is 0 Å². The standard InChI is InChI=1S/C21H26N4O5/c1-27-14-19(26)25-8-7-18-17(13-25)20(30-16-5-3-15(28-2)4-6-16)23-21(22-18)24-9-11-29-12-10-24/h3-6H,7-14H2,1-2H3. The summed E-state index contributed by atoms with van der Waals surface area (Å²) < 4.78 is 21.8. The fourth-order valence-corrected chi connectivity index (χ4v) is 3.54. The van der Waals surface area contributed by atoms with E-state index in [0.717, 1.165) is 30.1 Å². The van der Waals surface area contributed by atoms with Crippen LogP contribution in [0, 0.1) is 0 Å². The third-order valence-corrected chi connectivity index (χ3v) is 5.20. The average molecular weight is 414 g/mol. The van der Waals surface area contributed by atoms with E-state index in [4.69, 9.17) is 28.9 Å². The fraction of sp³-hybridized carbons (Fsp3) is 0.476.